The Morgan fingerprint density at radius 1 is 1.35 bits per heavy atom. The molecule has 0 fully saturated rings. The highest BCUT2D eigenvalue weighted by Gasteiger charge is 2.12. The number of hydrogen-bond acceptors (Lipinski definition) is 5. The molecule has 0 bridgehead atoms. The van der Waals surface area contributed by atoms with Crippen LogP contribution in [0.25, 0.3) is 16.9 Å². The predicted octanol–water partition coefficient (Wildman–Crippen LogP) is 2.35. The summed E-state index contributed by atoms with van der Waals surface area (Å²) in [5.74, 6) is 5.11. The molecule has 8 heteroatoms. The van der Waals surface area contributed by atoms with Gasteiger partial charge >= 0.3 is 0 Å². The lowest BCUT2D eigenvalue weighted by atomic mass is 10.1. The summed E-state index contributed by atoms with van der Waals surface area (Å²) in [4.78, 5) is 31.0. The van der Waals surface area contributed by atoms with Gasteiger partial charge in [0.15, 0.2) is 5.65 Å². The van der Waals surface area contributed by atoms with Crippen LogP contribution < -0.4 is 5.73 Å². The number of imidazole rings is 1. The zero-order valence-electron chi connectivity index (χ0n) is 18.5. The number of nitrogens with zero attached hydrogens (tertiary/aromatic N) is 4. The first kappa shape index (κ1) is 25.3. The minimum Gasteiger partial charge on any atom is -0.380 e. The van der Waals surface area contributed by atoms with Gasteiger partial charge in [-0.25, -0.2) is 9.97 Å². The van der Waals surface area contributed by atoms with E-state index in [4.69, 9.17) is 5.73 Å². The third-order valence-corrected chi connectivity index (χ3v) is 3.74. The van der Waals surface area contributed by atoms with Crippen LogP contribution in [0.3, 0.4) is 0 Å². The van der Waals surface area contributed by atoms with E-state index in [0.29, 0.717) is 17.8 Å². The van der Waals surface area contributed by atoms with Crippen LogP contribution in [0.5, 0.6) is 0 Å². The minimum absolute atomic E-state index is 0.161. The smallest absolute Gasteiger partial charge is 0.268 e. The quantitative estimate of drug-likeness (QED) is 0.494. The van der Waals surface area contributed by atoms with Crippen molar-refractivity contribution in [3.8, 4) is 23.1 Å². The van der Waals surface area contributed by atoms with E-state index in [-0.39, 0.29) is 5.69 Å². The molecule has 0 saturated heterocycles. The Labute approximate surface area is 182 Å². The molecule has 0 spiro atoms. The van der Waals surface area contributed by atoms with Crippen LogP contribution >= 0.6 is 0 Å². The highest BCUT2D eigenvalue weighted by Crippen LogP contribution is 2.23. The molecule has 2 aromatic heterocycles. The molecule has 2 heterocycles. The molecule has 1 unspecified atom stereocenters. The van der Waals surface area contributed by atoms with E-state index >= 15 is 0 Å². The normalized spacial score (nSPS) is 10.4. The molecule has 1 aromatic carbocycles. The summed E-state index contributed by atoms with van der Waals surface area (Å²) in [5.41, 5.74) is 8.21. The van der Waals surface area contributed by atoms with Gasteiger partial charge in [-0.15, -0.1) is 0 Å². The fourth-order valence-electron chi connectivity index (χ4n) is 2.26. The van der Waals surface area contributed by atoms with E-state index in [9.17, 15) is 14.7 Å². The van der Waals surface area contributed by atoms with Gasteiger partial charge in [0.2, 0.25) is 6.41 Å². The highest BCUT2D eigenvalue weighted by molar-refractivity contribution is 5.92. The first-order valence-electron chi connectivity index (χ1n) is 9.91. The second kappa shape index (κ2) is 12.8. The number of benzene rings is 1. The number of carbonyl (C=O) groups excluding carboxylic acids is 2. The summed E-state index contributed by atoms with van der Waals surface area (Å²) in [7, 11) is 3.38. The van der Waals surface area contributed by atoms with E-state index in [2.05, 4.69) is 21.8 Å². The maximum Gasteiger partial charge on any atom is 0.268 e. The first-order chi connectivity index (χ1) is 14.8. The third kappa shape index (κ3) is 7.57. The molecular formula is C23H29N5O3. The molecule has 2 amide bonds. The summed E-state index contributed by atoms with van der Waals surface area (Å²) < 4.78 is 1.71. The number of nitrogens with two attached hydrogens (primary N) is 1. The zero-order valence-corrected chi connectivity index (χ0v) is 18.5. The van der Waals surface area contributed by atoms with Crippen LogP contribution in [0.4, 0.5) is 0 Å². The summed E-state index contributed by atoms with van der Waals surface area (Å²) in [6.07, 6.45) is 5.59. The average molecular weight is 424 g/mol. The monoisotopic (exact) mass is 423 g/mol. The number of hydrogen-bond donors (Lipinski definition) is 2. The molecule has 0 aliphatic heterocycles. The number of primary amides is 1. The van der Waals surface area contributed by atoms with Crippen molar-refractivity contribution in [2.45, 2.75) is 33.3 Å². The minimum atomic E-state index is -0.649. The van der Waals surface area contributed by atoms with Crippen molar-refractivity contribution in [1.82, 2.24) is 19.3 Å². The van der Waals surface area contributed by atoms with Crippen LogP contribution in [0.15, 0.2) is 42.9 Å². The van der Waals surface area contributed by atoms with Crippen molar-refractivity contribution >= 4 is 18.0 Å². The number of amides is 2. The number of rotatable bonds is 4. The topological polar surface area (TPSA) is 114 Å². The molecular weight excluding hydrogens is 394 g/mol. The number of fused-ring (bicyclic) bond motifs is 1. The van der Waals surface area contributed by atoms with Gasteiger partial charge in [-0.05, 0) is 18.6 Å². The van der Waals surface area contributed by atoms with E-state index in [1.165, 1.54) is 4.90 Å². The van der Waals surface area contributed by atoms with Gasteiger partial charge in [0.1, 0.15) is 17.5 Å². The molecule has 0 radical (unpaired) electrons. The van der Waals surface area contributed by atoms with Gasteiger partial charge in [-0.1, -0.05) is 44.7 Å². The lowest BCUT2D eigenvalue weighted by Crippen LogP contribution is -2.14. The van der Waals surface area contributed by atoms with Gasteiger partial charge in [0.25, 0.3) is 5.91 Å². The number of carbonyl (C=O) groups is 2. The second-order valence-corrected chi connectivity index (χ2v) is 6.34. The maximum atomic E-state index is 11.5. The second-order valence-electron chi connectivity index (χ2n) is 6.34. The Hall–Kier alpha value is -3.70. The number of aliphatic hydroxyl groups is 1. The molecule has 3 rings (SSSR count). The van der Waals surface area contributed by atoms with Gasteiger partial charge in [0, 0.05) is 43.8 Å². The van der Waals surface area contributed by atoms with Gasteiger partial charge in [-0.3, -0.25) is 9.59 Å². The van der Waals surface area contributed by atoms with Crippen LogP contribution in [0, 0.1) is 11.8 Å². The summed E-state index contributed by atoms with van der Waals surface area (Å²) in [6.45, 7) is 5.87. The Kier molecular flexibility index (Phi) is 10.4. The van der Waals surface area contributed by atoms with Crippen LogP contribution in [0.1, 0.15) is 43.2 Å². The molecule has 1 atom stereocenters. The Bertz CT molecular complexity index is 1060. The molecule has 164 valence electrons. The van der Waals surface area contributed by atoms with E-state index in [1.807, 2.05) is 45.0 Å². The molecule has 8 nitrogen and oxygen atoms in total. The highest BCUT2D eigenvalue weighted by atomic mass is 16.3. The summed E-state index contributed by atoms with van der Waals surface area (Å²) >= 11 is 0. The van der Waals surface area contributed by atoms with Crippen LogP contribution in [-0.2, 0) is 4.79 Å². The molecule has 0 aliphatic rings. The van der Waals surface area contributed by atoms with Gasteiger partial charge in [-0.2, -0.15) is 0 Å². The fraction of sp³-hybridized carbons (Fsp3) is 0.304. The summed E-state index contributed by atoms with van der Waals surface area (Å²) in [6, 6.07) is 7.40. The van der Waals surface area contributed by atoms with Crippen LogP contribution in [-0.4, -0.2) is 56.9 Å². The van der Waals surface area contributed by atoms with Crippen LogP contribution in [0.2, 0.25) is 0 Å². The summed E-state index contributed by atoms with van der Waals surface area (Å²) in [5, 5.41) is 9.57. The third-order valence-electron chi connectivity index (χ3n) is 3.74. The maximum absolute atomic E-state index is 11.5. The van der Waals surface area contributed by atoms with Crippen molar-refractivity contribution in [1.29, 1.82) is 0 Å². The molecule has 0 saturated carbocycles. The van der Waals surface area contributed by atoms with Crippen molar-refractivity contribution in [2.24, 2.45) is 5.73 Å². The Morgan fingerprint density at radius 3 is 2.61 bits per heavy atom. The largest absolute Gasteiger partial charge is 0.380 e. The van der Waals surface area contributed by atoms with Crippen molar-refractivity contribution in [2.75, 3.05) is 14.1 Å². The number of aromatic nitrogens is 3. The van der Waals surface area contributed by atoms with E-state index in [1.54, 1.807) is 37.1 Å². The lowest BCUT2D eigenvalue weighted by molar-refractivity contribution is -0.115. The van der Waals surface area contributed by atoms with Crippen molar-refractivity contribution in [3.05, 3.63) is 54.1 Å². The average Bonchev–Trinajstić information content (AvgIpc) is 3.27. The lowest BCUT2D eigenvalue weighted by Gasteiger charge is -2.06. The predicted molar refractivity (Wildman–Crippen MR) is 121 cm³/mol. The van der Waals surface area contributed by atoms with Crippen molar-refractivity contribution < 1.29 is 14.7 Å². The molecule has 3 aromatic rings. The van der Waals surface area contributed by atoms with E-state index < -0.39 is 12.0 Å². The molecule has 3 N–H and O–H groups in total. The van der Waals surface area contributed by atoms with Gasteiger partial charge < -0.3 is 20.1 Å². The van der Waals surface area contributed by atoms with Crippen molar-refractivity contribution in [3.63, 3.8) is 0 Å². The Morgan fingerprint density at radius 2 is 2.03 bits per heavy atom. The zero-order chi connectivity index (χ0) is 23.4. The first-order valence-corrected chi connectivity index (χ1v) is 9.91. The molecule has 31 heavy (non-hydrogen) atoms. The number of aliphatic hydroxyl groups excluding tert-OH is 1. The fourth-order valence-corrected chi connectivity index (χ4v) is 2.26. The molecule has 0 aliphatic carbocycles. The van der Waals surface area contributed by atoms with Gasteiger partial charge in [0.05, 0.1) is 0 Å². The Balaban J connectivity index is 0.000000605. The standard InChI is InChI=1S/C18H16N4O2.C3H7NO.C2H6/c1-2-14(23)7-6-12-4-3-5-13(10-12)16-18-20-8-9-22(18)11-15(21-16)17(19)24;1-4(2)3-5;1-2/h3-5,8-11,14,23H,2H2,1H3,(H2,19,24);3H,1-2H3;1-2H3. The van der Waals surface area contributed by atoms with E-state index in [0.717, 1.165) is 17.5 Å². The SMILES string of the molecule is CC.CCC(O)C#Cc1cccc(-c2nc(C(N)=O)cn3ccnc23)c1.CN(C)C=O.